The highest BCUT2D eigenvalue weighted by Gasteiger charge is 2.29. The molecule has 1 aliphatic heterocycles. The van der Waals surface area contributed by atoms with E-state index in [1.54, 1.807) is 17.0 Å². The molecule has 7 heteroatoms. The monoisotopic (exact) mass is 431 g/mol. The minimum atomic E-state index is -0.558. The van der Waals surface area contributed by atoms with Crippen LogP contribution in [-0.2, 0) is 0 Å². The summed E-state index contributed by atoms with van der Waals surface area (Å²) < 4.78 is 0. The third-order valence-electron chi connectivity index (χ3n) is 5.91. The molecule has 1 saturated heterocycles. The summed E-state index contributed by atoms with van der Waals surface area (Å²) in [5.74, 6) is -0.153. The summed E-state index contributed by atoms with van der Waals surface area (Å²) in [5, 5.41) is 25.3. The van der Waals surface area contributed by atoms with E-state index in [4.69, 9.17) is 0 Å². The molecule has 7 nitrogen and oxygen atoms in total. The number of anilines is 2. The maximum atomic E-state index is 13.0. The summed E-state index contributed by atoms with van der Waals surface area (Å²) in [6.45, 7) is 1.01. The molecule has 0 spiro atoms. The molecule has 0 aromatic heterocycles. The van der Waals surface area contributed by atoms with Gasteiger partial charge in [0.25, 0.3) is 11.6 Å². The van der Waals surface area contributed by atoms with Crippen LogP contribution in [0.1, 0.15) is 34.9 Å². The lowest BCUT2D eigenvalue weighted by Gasteiger charge is -2.34. The number of carbonyl (C=O) groups is 1. The number of carbonyl (C=O) groups excluding carboxylic acids is 1. The standard InChI is InChI=1S/C25H25N3O4/c29-24(18-7-3-1-4-8-18)19-13-15-27(16-14-19)25(30)20-11-12-22(23(17-20)28(31)32)26-21-9-5-2-6-10-21/h1-12,17,19,24,26,29H,13-16H2/t24-/m0/s1. The maximum Gasteiger partial charge on any atom is 0.293 e. The SMILES string of the molecule is O=C(c1ccc(Nc2ccccc2)c([N+](=O)[O-])c1)N1CCC([C@@H](O)c2ccccc2)CC1. The number of hydrogen-bond acceptors (Lipinski definition) is 5. The van der Waals surface area contributed by atoms with Crippen LogP contribution < -0.4 is 5.32 Å². The second kappa shape index (κ2) is 9.62. The fourth-order valence-electron chi connectivity index (χ4n) is 4.12. The number of nitro benzene ring substituents is 1. The number of aliphatic hydroxyl groups excluding tert-OH is 1. The Morgan fingerprint density at radius 1 is 1.00 bits per heavy atom. The van der Waals surface area contributed by atoms with E-state index >= 15 is 0 Å². The van der Waals surface area contributed by atoms with Crippen molar-refractivity contribution in [3.05, 3.63) is 100 Å². The van der Waals surface area contributed by atoms with Gasteiger partial charge in [0, 0.05) is 30.4 Å². The Bertz CT molecular complexity index is 1080. The van der Waals surface area contributed by atoms with Crippen LogP contribution in [0.5, 0.6) is 0 Å². The van der Waals surface area contributed by atoms with Gasteiger partial charge in [-0.05, 0) is 48.6 Å². The summed E-state index contributed by atoms with van der Waals surface area (Å²) in [7, 11) is 0. The maximum absolute atomic E-state index is 13.0. The van der Waals surface area contributed by atoms with Gasteiger partial charge in [0.2, 0.25) is 0 Å². The molecule has 1 heterocycles. The first-order valence-electron chi connectivity index (χ1n) is 10.7. The molecule has 1 amide bonds. The Labute approximate surface area is 186 Å². The summed E-state index contributed by atoms with van der Waals surface area (Å²) >= 11 is 0. The number of aliphatic hydroxyl groups is 1. The molecule has 0 radical (unpaired) electrons. The minimum Gasteiger partial charge on any atom is -0.388 e. The Morgan fingerprint density at radius 2 is 1.62 bits per heavy atom. The molecule has 32 heavy (non-hydrogen) atoms. The van der Waals surface area contributed by atoms with E-state index in [1.165, 1.54) is 6.07 Å². The second-order valence-corrected chi connectivity index (χ2v) is 7.97. The molecule has 3 aromatic rings. The highest BCUT2D eigenvalue weighted by molar-refractivity contribution is 5.96. The zero-order valence-electron chi connectivity index (χ0n) is 17.6. The number of hydrogen-bond donors (Lipinski definition) is 2. The third-order valence-corrected chi connectivity index (χ3v) is 5.91. The van der Waals surface area contributed by atoms with E-state index in [9.17, 15) is 20.0 Å². The topological polar surface area (TPSA) is 95.7 Å². The van der Waals surface area contributed by atoms with Gasteiger partial charge in [-0.2, -0.15) is 0 Å². The average molecular weight is 431 g/mol. The summed E-state index contributed by atoms with van der Waals surface area (Å²) in [6.07, 6.45) is 0.799. The molecule has 1 fully saturated rings. The van der Waals surface area contributed by atoms with Crippen LogP contribution in [0, 0.1) is 16.0 Å². The smallest absolute Gasteiger partial charge is 0.293 e. The van der Waals surface area contributed by atoms with Gasteiger partial charge in [0.1, 0.15) is 5.69 Å². The average Bonchev–Trinajstić information content (AvgIpc) is 2.84. The summed E-state index contributed by atoms with van der Waals surface area (Å²) in [6, 6.07) is 23.2. The van der Waals surface area contributed by atoms with Gasteiger partial charge in [-0.3, -0.25) is 14.9 Å². The van der Waals surface area contributed by atoms with Gasteiger partial charge >= 0.3 is 0 Å². The molecule has 0 bridgehead atoms. The van der Waals surface area contributed by atoms with Gasteiger partial charge in [-0.25, -0.2) is 0 Å². The van der Waals surface area contributed by atoms with E-state index in [1.807, 2.05) is 60.7 Å². The third kappa shape index (κ3) is 4.78. The van der Waals surface area contributed by atoms with E-state index in [0.29, 0.717) is 31.6 Å². The first-order valence-corrected chi connectivity index (χ1v) is 10.7. The number of benzene rings is 3. The van der Waals surface area contributed by atoms with E-state index in [-0.39, 0.29) is 23.1 Å². The number of likely N-dealkylation sites (tertiary alicyclic amines) is 1. The molecule has 164 valence electrons. The number of amides is 1. The van der Waals surface area contributed by atoms with Crippen LogP contribution in [0.4, 0.5) is 17.1 Å². The number of nitrogens with one attached hydrogen (secondary N) is 1. The fourth-order valence-corrected chi connectivity index (χ4v) is 4.12. The lowest BCUT2D eigenvalue weighted by molar-refractivity contribution is -0.383. The first kappa shape index (κ1) is 21.5. The lowest BCUT2D eigenvalue weighted by Crippen LogP contribution is -2.39. The van der Waals surface area contributed by atoms with E-state index in [0.717, 1.165) is 11.3 Å². The van der Waals surface area contributed by atoms with Crippen molar-refractivity contribution in [1.29, 1.82) is 0 Å². The summed E-state index contributed by atoms with van der Waals surface area (Å²) in [4.78, 5) is 25.9. The van der Waals surface area contributed by atoms with E-state index in [2.05, 4.69) is 5.32 Å². The van der Waals surface area contributed by atoms with Gasteiger partial charge < -0.3 is 15.3 Å². The van der Waals surface area contributed by atoms with Crippen molar-refractivity contribution >= 4 is 23.0 Å². The van der Waals surface area contributed by atoms with Gasteiger partial charge in [-0.15, -0.1) is 0 Å². The molecule has 1 atom stereocenters. The van der Waals surface area contributed by atoms with Crippen LogP contribution >= 0.6 is 0 Å². The van der Waals surface area contributed by atoms with Crippen molar-refractivity contribution in [3.8, 4) is 0 Å². The van der Waals surface area contributed by atoms with Crippen LogP contribution in [0.3, 0.4) is 0 Å². The number of nitrogens with zero attached hydrogens (tertiary/aromatic N) is 2. The molecular weight excluding hydrogens is 406 g/mol. The highest BCUT2D eigenvalue weighted by Crippen LogP contribution is 2.32. The Balaban J connectivity index is 1.44. The second-order valence-electron chi connectivity index (χ2n) is 7.97. The van der Waals surface area contributed by atoms with Crippen LogP contribution in [0.15, 0.2) is 78.9 Å². The highest BCUT2D eigenvalue weighted by atomic mass is 16.6. The number of para-hydroxylation sites is 1. The van der Waals surface area contributed by atoms with Crippen molar-refractivity contribution in [3.63, 3.8) is 0 Å². The Kier molecular flexibility index (Phi) is 6.47. The fraction of sp³-hybridized carbons (Fsp3) is 0.240. The van der Waals surface area contributed by atoms with Crippen LogP contribution in [-0.4, -0.2) is 33.9 Å². The van der Waals surface area contributed by atoms with Crippen molar-refractivity contribution in [2.24, 2.45) is 5.92 Å². The van der Waals surface area contributed by atoms with E-state index < -0.39 is 11.0 Å². The van der Waals surface area contributed by atoms with Crippen LogP contribution in [0.2, 0.25) is 0 Å². The predicted octanol–water partition coefficient (Wildman–Crippen LogP) is 4.92. The Hall–Kier alpha value is -3.71. The van der Waals surface area contributed by atoms with Crippen molar-refractivity contribution in [2.75, 3.05) is 18.4 Å². The van der Waals surface area contributed by atoms with Crippen LogP contribution in [0.25, 0.3) is 0 Å². The molecule has 0 aliphatic carbocycles. The number of piperidine rings is 1. The van der Waals surface area contributed by atoms with Gasteiger partial charge in [0.05, 0.1) is 11.0 Å². The molecule has 4 rings (SSSR count). The predicted molar refractivity (Wildman–Crippen MR) is 123 cm³/mol. The largest absolute Gasteiger partial charge is 0.388 e. The summed E-state index contributed by atoms with van der Waals surface area (Å²) in [5.41, 5.74) is 2.09. The van der Waals surface area contributed by atoms with Gasteiger partial charge in [-0.1, -0.05) is 48.5 Å². The molecule has 3 aromatic carbocycles. The minimum absolute atomic E-state index is 0.0771. The molecule has 0 saturated carbocycles. The zero-order valence-corrected chi connectivity index (χ0v) is 17.6. The quantitative estimate of drug-likeness (QED) is 0.426. The normalized spacial score (nSPS) is 15.2. The molecular formula is C25H25N3O4. The zero-order chi connectivity index (χ0) is 22.5. The molecule has 2 N–H and O–H groups in total. The Morgan fingerprint density at radius 3 is 2.25 bits per heavy atom. The number of nitro groups is 1. The lowest BCUT2D eigenvalue weighted by atomic mass is 9.87. The first-order chi connectivity index (χ1) is 15.5. The number of rotatable bonds is 6. The molecule has 1 aliphatic rings. The van der Waals surface area contributed by atoms with Crippen molar-refractivity contribution in [1.82, 2.24) is 4.90 Å². The van der Waals surface area contributed by atoms with Crippen molar-refractivity contribution < 1.29 is 14.8 Å². The van der Waals surface area contributed by atoms with Crippen molar-refractivity contribution in [2.45, 2.75) is 18.9 Å². The molecule has 0 unspecified atom stereocenters. The van der Waals surface area contributed by atoms with Gasteiger partial charge in [0.15, 0.2) is 0 Å².